The second-order valence-electron chi connectivity index (χ2n) is 3.66. The molecular formula is C10H19N5. The van der Waals surface area contributed by atoms with Gasteiger partial charge in [-0.15, -0.1) is 5.10 Å². The molecule has 0 bridgehead atoms. The highest BCUT2D eigenvalue weighted by Crippen LogP contribution is 2.06. The minimum Gasteiger partial charge on any atom is -0.343 e. The van der Waals surface area contributed by atoms with Gasteiger partial charge in [0.1, 0.15) is 0 Å². The van der Waals surface area contributed by atoms with Crippen molar-refractivity contribution in [3.8, 4) is 0 Å². The average molecular weight is 209 g/mol. The minimum atomic E-state index is 0.703. The third-order valence-corrected chi connectivity index (χ3v) is 2.34. The highest BCUT2D eigenvalue weighted by Gasteiger charge is 2.05. The standard InChI is InChI=1S/C10H19N5/c1-8-9(2)13-14-10(12-8)15(4)7-5-6-11-3/h11H,5-7H2,1-4H3. The van der Waals surface area contributed by atoms with Gasteiger partial charge in [-0.25, -0.2) is 4.98 Å². The van der Waals surface area contributed by atoms with Crippen molar-refractivity contribution in [3.63, 3.8) is 0 Å². The van der Waals surface area contributed by atoms with Crippen molar-refractivity contribution in [2.24, 2.45) is 0 Å². The molecular weight excluding hydrogens is 190 g/mol. The lowest BCUT2D eigenvalue weighted by molar-refractivity contribution is 0.696. The summed E-state index contributed by atoms with van der Waals surface area (Å²) in [7, 11) is 3.94. The molecule has 1 aromatic heterocycles. The van der Waals surface area contributed by atoms with E-state index in [-0.39, 0.29) is 0 Å². The molecule has 0 saturated heterocycles. The molecule has 0 atom stereocenters. The molecule has 0 aliphatic carbocycles. The normalized spacial score (nSPS) is 10.4. The van der Waals surface area contributed by atoms with Crippen LogP contribution >= 0.6 is 0 Å². The molecule has 15 heavy (non-hydrogen) atoms. The van der Waals surface area contributed by atoms with Crippen LogP contribution in [0.2, 0.25) is 0 Å². The van der Waals surface area contributed by atoms with E-state index in [1.807, 2.05) is 32.8 Å². The Morgan fingerprint density at radius 1 is 1.20 bits per heavy atom. The third-order valence-electron chi connectivity index (χ3n) is 2.34. The molecule has 0 amide bonds. The Labute approximate surface area is 90.9 Å². The second kappa shape index (κ2) is 5.60. The number of aromatic nitrogens is 3. The molecule has 0 fully saturated rings. The topological polar surface area (TPSA) is 53.9 Å². The highest BCUT2D eigenvalue weighted by atomic mass is 15.3. The van der Waals surface area contributed by atoms with E-state index in [9.17, 15) is 0 Å². The number of nitrogens with one attached hydrogen (secondary N) is 1. The number of rotatable bonds is 5. The van der Waals surface area contributed by atoms with E-state index in [1.165, 1.54) is 0 Å². The third kappa shape index (κ3) is 3.43. The first-order valence-corrected chi connectivity index (χ1v) is 5.19. The van der Waals surface area contributed by atoms with E-state index >= 15 is 0 Å². The average Bonchev–Trinajstić information content (AvgIpc) is 2.22. The van der Waals surface area contributed by atoms with Gasteiger partial charge in [0, 0.05) is 13.6 Å². The summed E-state index contributed by atoms with van der Waals surface area (Å²) >= 11 is 0. The van der Waals surface area contributed by atoms with Crippen LogP contribution in [0.1, 0.15) is 17.8 Å². The van der Waals surface area contributed by atoms with E-state index in [2.05, 4.69) is 20.5 Å². The van der Waals surface area contributed by atoms with Crippen molar-refractivity contribution in [2.45, 2.75) is 20.3 Å². The lowest BCUT2D eigenvalue weighted by atomic mass is 10.4. The first kappa shape index (κ1) is 11.8. The summed E-state index contributed by atoms with van der Waals surface area (Å²) in [6.07, 6.45) is 1.07. The van der Waals surface area contributed by atoms with Crippen LogP contribution in [0.25, 0.3) is 0 Å². The van der Waals surface area contributed by atoms with Gasteiger partial charge < -0.3 is 10.2 Å². The van der Waals surface area contributed by atoms with Crippen molar-refractivity contribution in [2.75, 3.05) is 32.1 Å². The Hall–Kier alpha value is -1.23. The molecule has 5 nitrogen and oxygen atoms in total. The van der Waals surface area contributed by atoms with Gasteiger partial charge in [-0.3, -0.25) is 0 Å². The van der Waals surface area contributed by atoms with Crippen molar-refractivity contribution in [1.82, 2.24) is 20.5 Å². The van der Waals surface area contributed by atoms with E-state index in [4.69, 9.17) is 0 Å². The summed E-state index contributed by atoms with van der Waals surface area (Å²) < 4.78 is 0. The van der Waals surface area contributed by atoms with Gasteiger partial charge in [-0.2, -0.15) is 5.10 Å². The first-order valence-electron chi connectivity index (χ1n) is 5.19. The van der Waals surface area contributed by atoms with Gasteiger partial charge in [0.05, 0.1) is 11.4 Å². The fourth-order valence-corrected chi connectivity index (χ4v) is 1.20. The van der Waals surface area contributed by atoms with Gasteiger partial charge in [0.25, 0.3) is 0 Å². The summed E-state index contributed by atoms with van der Waals surface area (Å²) in [5.74, 6) is 0.703. The number of aryl methyl sites for hydroxylation is 2. The predicted octanol–water partition coefficient (Wildman–Crippen LogP) is 0.534. The summed E-state index contributed by atoms with van der Waals surface area (Å²) in [6, 6.07) is 0. The van der Waals surface area contributed by atoms with E-state index in [1.54, 1.807) is 0 Å². The smallest absolute Gasteiger partial charge is 0.245 e. The Balaban J connectivity index is 2.57. The molecule has 1 aromatic rings. The van der Waals surface area contributed by atoms with Crippen LogP contribution in [-0.4, -0.2) is 42.4 Å². The van der Waals surface area contributed by atoms with Crippen molar-refractivity contribution in [3.05, 3.63) is 11.4 Å². The van der Waals surface area contributed by atoms with Crippen molar-refractivity contribution < 1.29 is 0 Å². The zero-order valence-electron chi connectivity index (χ0n) is 9.91. The molecule has 0 spiro atoms. The Morgan fingerprint density at radius 2 is 1.93 bits per heavy atom. The zero-order chi connectivity index (χ0) is 11.3. The first-order chi connectivity index (χ1) is 7.15. The maximum absolute atomic E-state index is 4.38. The summed E-state index contributed by atoms with van der Waals surface area (Å²) in [5.41, 5.74) is 1.84. The van der Waals surface area contributed by atoms with E-state index in [0.29, 0.717) is 5.95 Å². The fraction of sp³-hybridized carbons (Fsp3) is 0.700. The SMILES string of the molecule is CNCCCN(C)c1nnc(C)c(C)n1. The van der Waals surface area contributed by atoms with Crippen molar-refractivity contribution >= 4 is 5.95 Å². The molecule has 1 rings (SSSR count). The summed E-state index contributed by atoms with van der Waals surface area (Å²) in [5, 5.41) is 11.2. The van der Waals surface area contributed by atoms with Gasteiger partial charge >= 0.3 is 0 Å². The Morgan fingerprint density at radius 3 is 2.53 bits per heavy atom. The maximum Gasteiger partial charge on any atom is 0.245 e. The zero-order valence-corrected chi connectivity index (χ0v) is 9.91. The van der Waals surface area contributed by atoms with Crippen molar-refractivity contribution in [1.29, 1.82) is 0 Å². The molecule has 1 heterocycles. The molecule has 1 N–H and O–H groups in total. The predicted molar refractivity (Wildman–Crippen MR) is 61.1 cm³/mol. The number of hydrogen-bond donors (Lipinski definition) is 1. The lowest BCUT2D eigenvalue weighted by Gasteiger charge is -2.16. The number of anilines is 1. The number of hydrogen-bond acceptors (Lipinski definition) is 5. The molecule has 0 saturated carbocycles. The molecule has 5 heteroatoms. The van der Waals surface area contributed by atoms with Crippen LogP contribution in [0.4, 0.5) is 5.95 Å². The lowest BCUT2D eigenvalue weighted by Crippen LogP contribution is -2.24. The van der Waals surface area contributed by atoms with Gasteiger partial charge in [0.2, 0.25) is 5.95 Å². The highest BCUT2D eigenvalue weighted by molar-refractivity contribution is 5.27. The minimum absolute atomic E-state index is 0.703. The van der Waals surface area contributed by atoms with Crippen LogP contribution in [0.5, 0.6) is 0 Å². The van der Waals surface area contributed by atoms with Crippen LogP contribution in [0.3, 0.4) is 0 Å². The largest absolute Gasteiger partial charge is 0.343 e. The van der Waals surface area contributed by atoms with Crippen LogP contribution < -0.4 is 10.2 Å². The maximum atomic E-state index is 4.38. The second-order valence-corrected chi connectivity index (χ2v) is 3.66. The summed E-state index contributed by atoms with van der Waals surface area (Å²) in [4.78, 5) is 6.41. The number of nitrogens with zero attached hydrogens (tertiary/aromatic N) is 4. The fourth-order valence-electron chi connectivity index (χ4n) is 1.20. The van der Waals surface area contributed by atoms with Gasteiger partial charge in [0.15, 0.2) is 0 Å². The van der Waals surface area contributed by atoms with Crippen LogP contribution in [-0.2, 0) is 0 Å². The van der Waals surface area contributed by atoms with Crippen LogP contribution in [0, 0.1) is 13.8 Å². The molecule has 0 radical (unpaired) electrons. The molecule has 0 aliphatic rings. The molecule has 0 aliphatic heterocycles. The summed E-state index contributed by atoms with van der Waals surface area (Å²) in [6.45, 7) is 5.81. The van der Waals surface area contributed by atoms with Crippen LogP contribution in [0.15, 0.2) is 0 Å². The van der Waals surface area contributed by atoms with Gasteiger partial charge in [-0.1, -0.05) is 0 Å². The Bertz CT molecular complexity index is 313. The molecule has 84 valence electrons. The monoisotopic (exact) mass is 209 g/mol. The molecule has 0 aromatic carbocycles. The Kier molecular flexibility index (Phi) is 4.42. The van der Waals surface area contributed by atoms with E-state index in [0.717, 1.165) is 30.9 Å². The van der Waals surface area contributed by atoms with Gasteiger partial charge in [-0.05, 0) is 33.9 Å². The van der Waals surface area contributed by atoms with E-state index < -0.39 is 0 Å². The molecule has 0 unspecified atom stereocenters. The quantitative estimate of drug-likeness (QED) is 0.717.